The summed E-state index contributed by atoms with van der Waals surface area (Å²) in [5, 5.41) is 3.11. The van der Waals surface area contributed by atoms with Gasteiger partial charge in [-0.2, -0.15) is 0 Å². The predicted octanol–water partition coefficient (Wildman–Crippen LogP) is 0.881. The molecule has 0 bridgehead atoms. The van der Waals surface area contributed by atoms with Gasteiger partial charge in [0.05, 0.1) is 6.04 Å². The fourth-order valence-electron chi connectivity index (χ4n) is 2.59. The van der Waals surface area contributed by atoms with E-state index in [4.69, 9.17) is 0 Å². The molecular weight excluding hydrogens is 262 g/mol. The third-order valence-electron chi connectivity index (χ3n) is 3.68. The molecule has 20 heavy (non-hydrogen) atoms. The van der Waals surface area contributed by atoms with Gasteiger partial charge >= 0.3 is 0 Å². The van der Waals surface area contributed by atoms with Crippen molar-refractivity contribution in [1.29, 1.82) is 0 Å². The van der Waals surface area contributed by atoms with Crippen molar-refractivity contribution in [2.24, 2.45) is 5.92 Å². The summed E-state index contributed by atoms with van der Waals surface area (Å²) in [6, 6.07) is 3.64. The van der Waals surface area contributed by atoms with Crippen molar-refractivity contribution in [3.05, 3.63) is 35.4 Å². The van der Waals surface area contributed by atoms with E-state index in [-0.39, 0.29) is 12.0 Å². The van der Waals surface area contributed by atoms with Crippen LogP contribution in [0, 0.1) is 17.6 Å². The highest BCUT2D eigenvalue weighted by Crippen LogP contribution is 2.27. The Kier molecular flexibility index (Phi) is 5.42. The van der Waals surface area contributed by atoms with Crippen molar-refractivity contribution < 1.29 is 8.78 Å². The molecule has 6 heteroatoms. The second-order valence-electron chi connectivity index (χ2n) is 5.29. The SMILES string of the molecule is CNCCN(C)CC1CNNC1c1ccc(F)cc1F. The van der Waals surface area contributed by atoms with Crippen LogP contribution < -0.4 is 16.2 Å². The van der Waals surface area contributed by atoms with Crippen LogP contribution in [0.2, 0.25) is 0 Å². The van der Waals surface area contributed by atoms with Gasteiger partial charge in [0.2, 0.25) is 0 Å². The molecule has 1 heterocycles. The highest BCUT2D eigenvalue weighted by Gasteiger charge is 2.30. The van der Waals surface area contributed by atoms with Gasteiger partial charge in [-0.05, 0) is 20.2 Å². The zero-order valence-corrected chi connectivity index (χ0v) is 11.9. The molecule has 1 aliphatic heterocycles. The first-order valence-corrected chi connectivity index (χ1v) is 6.88. The van der Waals surface area contributed by atoms with Crippen molar-refractivity contribution in [3.8, 4) is 0 Å². The van der Waals surface area contributed by atoms with Crippen molar-refractivity contribution in [3.63, 3.8) is 0 Å². The first kappa shape index (κ1) is 15.3. The Labute approximate surface area is 118 Å². The van der Waals surface area contributed by atoms with Crippen LogP contribution in [-0.2, 0) is 0 Å². The standard InChI is InChI=1S/C14H22F2N4/c1-17-5-6-20(2)9-10-8-18-19-14(10)12-4-3-11(15)7-13(12)16/h3-4,7,10,14,17-19H,5-6,8-9H2,1-2H3. The fraction of sp³-hybridized carbons (Fsp3) is 0.571. The molecule has 0 spiro atoms. The molecule has 3 N–H and O–H groups in total. The van der Waals surface area contributed by atoms with Crippen molar-refractivity contribution >= 4 is 0 Å². The van der Waals surface area contributed by atoms with Crippen LogP contribution >= 0.6 is 0 Å². The Bertz CT molecular complexity index is 441. The van der Waals surface area contributed by atoms with Gasteiger partial charge in [-0.3, -0.25) is 5.43 Å². The first-order valence-electron chi connectivity index (χ1n) is 6.88. The second kappa shape index (κ2) is 7.08. The minimum atomic E-state index is -0.542. The number of hydrogen-bond donors (Lipinski definition) is 3. The summed E-state index contributed by atoms with van der Waals surface area (Å²) in [6.45, 7) is 3.47. The van der Waals surface area contributed by atoms with Crippen molar-refractivity contribution in [2.45, 2.75) is 6.04 Å². The summed E-state index contributed by atoms with van der Waals surface area (Å²) >= 11 is 0. The molecule has 2 unspecified atom stereocenters. The minimum absolute atomic E-state index is 0.132. The van der Waals surface area contributed by atoms with Crippen LogP contribution in [-0.4, -0.2) is 45.2 Å². The van der Waals surface area contributed by atoms with Gasteiger partial charge < -0.3 is 10.2 Å². The van der Waals surface area contributed by atoms with E-state index in [1.807, 2.05) is 14.1 Å². The smallest absolute Gasteiger partial charge is 0.130 e. The number of nitrogens with zero attached hydrogens (tertiary/aromatic N) is 1. The lowest BCUT2D eigenvalue weighted by Gasteiger charge is -2.25. The molecule has 112 valence electrons. The lowest BCUT2D eigenvalue weighted by molar-refractivity contribution is 0.268. The van der Waals surface area contributed by atoms with Crippen LogP contribution in [0.5, 0.6) is 0 Å². The van der Waals surface area contributed by atoms with Gasteiger partial charge in [-0.25, -0.2) is 14.2 Å². The predicted molar refractivity (Wildman–Crippen MR) is 75.2 cm³/mol. The Morgan fingerprint density at radius 3 is 2.90 bits per heavy atom. The Morgan fingerprint density at radius 1 is 1.40 bits per heavy atom. The molecule has 2 atom stereocenters. The molecule has 1 fully saturated rings. The largest absolute Gasteiger partial charge is 0.318 e. The van der Waals surface area contributed by atoms with Crippen LogP contribution in [0.1, 0.15) is 11.6 Å². The molecule has 0 amide bonds. The summed E-state index contributed by atoms with van der Waals surface area (Å²) in [6.07, 6.45) is 0. The Balaban J connectivity index is 2.03. The third-order valence-corrected chi connectivity index (χ3v) is 3.68. The van der Waals surface area contributed by atoms with Crippen LogP contribution in [0.4, 0.5) is 8.78 Å². The summed E-state index contributed by atoms with van der Waals surface area (Å²) in [5.41, 5.74) is 6.68. The highest BCUT2D eigenvalue weighted by atomic mass is 19.1. The highest BCUT2D eigenvalue weighted by molar-refractivity contribution is 5.23. The van der Waals surface area contributed by atoms with Crippen molar-refractivity contribution in [2.75, 3.05) is 40.3 Å². The molecule has 2 rings (SSSR count). The molecule has 0 aromatic heterocycles. The zero-order chi connectivity index (χ0) is 14.5. The van der Waals surface area contributed by atoms with Gasteiger partial charge in [0.15, 0.2) is 0 Å². The number of nitrogens with one attached hydrogen (secondary N) is 3. The first-order chi connectivity index (χ1) is 9.61. The Hall–Kier alpha value is -1.08. The molecule has 0 radical (unpaired) electrons. The van der Waals surface area contributed by atoms with Gasteiger partial charge in [0.1, 0.15) is 11.6 Å². The lowest BCUT2D eigenvalue weighted by atomic mass is 9.94. The molecule has 0 aliphatic carbocycles. The molecular formula is C14H22F2N4. The van der Waals surface area contributed by atoms with Gasteiger partial charge in [0.25, 0.3) is 0 Å². The number of likely N-dealkylation sites (N-methyl/N-ethyl adjacent to an activating group) is 2. The second-order valence-corrected chi connectivity index (χ2v) is 5.29. The minimum Gasteiger partial charge on any atom is -0.318 e. The summed E-state index contributed by atoms with van der Waals surface area (Å²) in [5.74, 6) is -0.786. The van der Waals surface area contributed by atoms with Crippen molar-refractivity contribution in [1.82, 2.24) is 21.1 Å². The average Bonchev–Trinajstić information content (AvgIpc) is 2.84. The van der Waals surface area contributed by atoms with Crippen LogP contribution in [0.25, 0.3) is 0 Å². The molecule has 1 saturated heterocycles. The Morgan fingerprint density at radius 2 is 2.20 bits per heavy atom. The number of halogens is 2. The van der Waals surface area contributed by atoms with E-state index in [2.05, 4.69) is 21.1 Å². The zero-order valence-electron chi connectivity index (χ0n) is 11.9. The number of benzene rings is 1. The van der Waals surface area contributed by atoms with E-state index >= 15 is 0 Å². The van der Waals surface area contributed by atoms with Crippen LogP contribution in [0.3, 0.4) is 0 Å². The summed E-state index contributed by atoms with van der Waals surface area (Å²) in [7, 11) is 3.97. The van der Waals surface area contributed by atoms with Gasteiger partial charge in [-0.1, -0.05) is 6.07 Å². The van der Waals surface area contributed by atoms with E-state index < -0.39 is 11.6 Å². The van der Waals surface area contributed by atoms with Gasteiger partial charge in [0, 0.05) is 43.7 Å². The molecule has 4 nitrogen and oxygen atoms in total. The summed E-state index contributed by atoms with van der Waals surface area (Å²) in [4.78, 5) is 2.21. The third kappa shape index (κ3) is 3.73. The van der Waals surface area contributed by atoms with E-state index in [1.54, 1.807) is 0 Å². The lowest BCUT2D eigenvalue weighted by Crippen LogP contribution is -2.34. The topological polar surface area (TPSA) is 39.3 Å². The van der Waals surface area contributed by atoms with Crippen LogP contribution in [0.15, 0.2) is 18.2 Å². The summed E-state index contributed by atoms with van der Waals surface area (Å²) < 4.78 is 26.9. The van der Waals surface area contributed by atoms with E-state index in [9.17, 15) is 8.78 Å². The molecule has 1 aromatic carbocycles. The van der Waals surface area contributed by atoms with E-state index in [0.29, 0.717) is 5.56 Å². The monoisotopic (exact) mass is 284 g/mol. The number of rotatable bonds is 6. The number of hydrazine groups is 1. The quantitative estimate of drug-likeness (QED) is 0.725. The molecule has 1 aromatic rings. The fourth-order valence-corrected chi connectivity index (χ4v) is 2.59. The maximum atomic E-state index is 13.9. The normalized spacial score (nSPS) is 22.6. The van der Waals surface area contributed by atoms with E-state index in [0.717, 1.165) is 32.2 Å². The van der Waals surface area contributed by atoms with Gasteiger partial charge in [-0.15, -0.1) is 0 Å². The maximum absolute atomic E-state index is 13.9. The number of hydrogen-bond acceptors (Lipinski definition) is 4. The molecule has 0 saturated carbocycles. The van der Waals surface area contributed by atoms with E-state index in [1.165, 1.54) is 12.1 Å². The maximum Gasteiger partial charge on any atom is 0.130 e. The molecule has 1 aliphatic rings. The average molecular weight is 284 g/mol.